The van der Waals surface area contributed by atoms with Gasteiger partial charge < -0.3 is 10.2 Å². The van der Waals surface area contributed by atoms with E-state index >= 15 is 0 Å². The first-order valence-electron chi connectivity index (χ1n) is 5.10. The molecule has 0 aliphatic heterocycles. The van der Waals surface area contributed by atoms with Gasteiger partial charge in [0.25, 0.3) is 0 Å². The van der Waals surface area contributed by atoms with Crippen LogP contribution in [0.15, 0.2) is 24.3 Å². The standard InChI is InChI=1S/C12H18N2O/c1-10(15)13-9-8-11-4-6-12(7-5-11)14(2)3/h4-7H,8-9H2,1-3H3,(H,13,15). The maximum absolute atomic E-state index is 10.7. The molecule has 1 aromatic rings. The van der Waals surface area contributed by atoms with Crippen LogP contribution in [0.4, 0.5) is 5.69 Å². The molecule has 0 aromatic heterocycles. The second kappa shape index (κ2) is 5.39. The van der Waals surface area contributed by atoms with Crippen molar-refractivity contribution in [3.63, 3.8) is 0 Å². The van der Waals surface area contributed by atoms with E-state index in [1.54, 1.807) is 0 Å². The van der Waals surface area contributed by atoms with Crippen LogP contribution >= 0.6 is 0 Å². The van der Waals surface area contributed by atoms with Crippen molar-refractivity contribution in [3.8, 4) is 0 Å². The number of carbonyl (C=O) groups excluding carboxylic acids is 1. The SMILES string of the molecule is CC(=O)NCCc1ccc(N(C)C)cc1. The third-order valence-corrected chi connectivity index (χ3v) is 2.24. The minimum Gasteiger partial charge on any atom is -0.378 e. The van der Waals surface area contributed by atoms with Crippen LogP contribution in [0.1, 0.15) is 12.5 Å². The summed E-state index contributed by atoms with van der Waals surface area (Å²) in [6, 6.07) is 8.36. The van der Waals surface area contributed by atoms with Crippen molar-refractivity contribution in [2.24, 2.45) is 0 Å². The van der Waals surface area contributed by atoms with Gasteiger partial charge >= 0.3 is 0 Å². The molecule has 1 aromatic carbocycles. The Hall–Kier alpha value is -1.51. The van der Waals surface area contributed by atoms with E-state index in [1.807, 2.05) is 14.1 Å². The number of nitrogens with zero attached hydrogens (tertiary/aromatic N) is 1. The highest BCUT2D eigenvalue weighted by molar-refractivity contribution is 5.72. The van der Waals surface area contributed by atoms with Gasteiger partial charge in [-0.3, -0.25) is 4.79 Å². The molecule has 0 radical (unpaired) electrons. The van der Waals surface area contributed by atoms with Crippen LogP contribution < -0.4 is 10.2 Å². The summed E-state index contributed by atoms with van der Waals surface area (Å²) in [5.74, 6) is 0.0277. The molecule has 0 fully saturated rings. The molecule has 0 aliphatic carbocycles. The van der Waals surface area contributed by atoms with Gasteiger partial charge in [0, 0.05) is 33.3 Å². The fraction of sp³-hybridized carbons (Fsp3) is 0.417. The quantitative estimate of drug-likeness (QED) is 0.808. The topological polar surface area (TPSA) is 32.3 Å². The Bertz CT molecular complexity index is 317. The van der Waals surface area contributed by atoms with Crippen molar-refractivity contribution in [3.05, 3.63) is 29.8 Å². The summed E-state index contributed by atoms with van der Waals surface area (Å²) in [5, 5.41) is 2.78. The normalized spacial score (nSPS) is 9.80. The van der Waals surface area contributed by atoms with Crippen LogP contribution in [0.2, 0.25) is 0 Å². The first-order valence-corrected chi connectivity index (χ1v) is 5.10. The minimum absolute atomic E-state index is 0.0277. The molecule has 0 saturated carbocycles. The van der Waals surface area contributed by atoms with Crippen molar-refractivity contribution in [1.82, 2.24) is 5.32 Å². The molecule has 0 unspecified atom stereocenters. The van der Waals surface area contributed by atoms with E-state index in [0.717, 1.165) is 6.42 Å². The molecule has 0 atom stereocenters. The lowest BCUT2D eigenvalue weighted by atomic mass is 10.1. The summed E-state index contributed by atoms with van der Waals surface area (Å²) in [4.78, 5) is 12.7. The highest BCUT2D eigenvalue weighted by Crippen LogP contribution is 2.12. The van der Waals surface area contributed by atoms with Crippen LogP contribution in [-0.4, -0.2) is 26.5 Å². The molecule has 3 heteroatoms. The second-order valence-corrected chi connectivity index (χ2v) is 3.79. The fourth-order valence-corrected chi connectivity index (χ4v) is 1.34. The van der Waals surface area contributed by atoms with Gasteiger partial charge in [-0.15, -0.1) is 0 Å². The summed E-state index contributed by atoms with van der Waals surface area (Å²) in [5.41, 5.74) is 2.44. The molecule has 1 amide bonds. The number of nitrogens with one attached hydrogen (secondary N) is 1. The summed E-state index contributed by atoms with van der Waals surface area (Å²) < 4.78 is 0. The van der Waals surface area contributed by atoms with Gasteiger partial charge in [0.1, 0.15) is 0 Å². The van der Waals surface area contributed by atoms with Gasteiger partial charge in [0.15, 0.2) is 0 Å². The molecule has 3 nitrogen and oxygen atoms in total. The Morgan fingerprint density at radius 2 is 1.87 bits per heavy atom. The zero-order valence-corrected chi connectivity index (χ0v) is 9.58. The predicted molar refractivity (Wildman–Crippen MR) is 63.2 cm³/mol. The number of carbonyl (C=O) groups is 1. The van der Waals surface area contributed by atoms with E-state index in [2.05, 4.69) is 34.5 Å². The first kappa shape index (κ1) is 11.6. The van der Waals surface area contributed by atoms with Crippen molar-refractivity contribution < 1.29 is 4.79 Å². The van der Waals surface area contributed by atoms with Gasteiger partial charge in [0.05, 0.1) is 0 Å². The number of rotatable bonds is 4. The van der Waals surface area contributed by atoms with Gasteiger partial charge in [-0.05, 0) is 24.1 Å². The van der Waals surface area contributed by atoms with Crippen molar-refractivity contribution >= 4 is 11.6 Å². The predicted octanol–water partition coefficient (Wildman–Crippen LogP) is 1.43. The molecule has 1 rings (SSSR count). The highest BCUT2D eigenvalue weighted by Gasteiger charge is 1.96. The zero-order valence-electron chi connectivity index (χ0n) is 9.58. The van der Waals surface area contributed by atoms with E-state index in [0.29, 0.717) is 6.54 Å². The average molecular weight is 206 g/mol. The van der Waals surface area contributed by atoms with E-state index in [1.165, 1.54) is 18.2 Å². The number of benzene rings is 1. The van der Waals surface area contributed by atoms with Gasteiger partial charge in [-0.2, -0.15) is 0 Å². The number of anilines is 1. The number of hydrogen-bond donors (Lipinski definition) is 1. The Morgan fingerprint density at radius 3 is 2.33 bits per heavy atom. The monoisotopic (exact) mass is 206 g/mol. The molecule has 1 N–H and O–H groups in total. The molecule has 0 heterocycles. The lowest BCUT2D eigenvalue weighted by Gasteiger charge is -2.12. The summed E-state index contributed by atoms with van der Waals surface area (Å²) in [6.07, 6.45) is 0.882. The van der Waals surface area contributed by atoms with Crippen molar-refractivity contribution in [1.29, 1.82) is 0 Å². The Kier molecular flexibility index (Phi) is 4.16. The third kappa shape index (κ3) is 4.02. The smallest absolute Gasteiger partial charge is 0.216 e. The fourth-order valence-electron chi connectivity index (χ4n) is 1.34. The lowest BCUT2D eigenvalue weighted by Crippen LogP contribution is -2.22. The Labute approximate surface area is 91.1 Å². The highest BCUT2D eigenvalue weighted by atomic mass is 16.1. The van der Waals surface area contributed by atoms with E-state index in [4.69, 9.17) is 0 Å². The lowest BCUT2D eigenvalue weighted by molar-refractivity contribution is -0.118. The summed E-state index contributed by atoms with van der Waals surface area (Å²) in [6.45, 7) is 2.24. The largest absolute Gasteiger partial charge is 0.378 e. The number of hydrogen-bond acceptors (Lipinski definition) is 2. The molecular weight excluding hydrogens is 188 g/mol. The van der Waals surface area contributed by atoms with Crippen molar-refractivity contribution in [2.45, 2.75) is 13.3 Å². The van der Waals surface area contributed by atoms with Crippen LogP contribution in [0.3, 0.4) is 0 Å². The van der Waals surface area contributed by atoms with Crippen molar-refractivity contribution in [2.75, 3.05) is 25.5 Å². The van der Waals surface area contributed by atoms with Gasteiger partial charge in [-0.25, -0.2) is 0 Å². The molecule has 0 spiro atoms. The molecule has 0 bridgehead atoms. The zero-order chi connectivity index (χ0) is 11.3. The Morgan fingerprint density at radius 1 is 1.27 bits per heavy atom. The average Bonchev–Trinajstić information content (AvgIpc) is 2.18. The van der Waals surface area contributed by atoms with Crippen LogP contribution in [0.25, 0.3) is 0 Å². The molecule has 0 aliphatic rings. The summed E-state index contributed by atoms with van der Waals surface area (Å²) in [7, 11) is 4.04. The molecular formula is C12H18N2O. The van der Waals surface area contributed by atoms with Gasteiger partial charge in [0.2, 0.25) is 5.91 Å². The van der Waals surface area contributed by atoms with E-state index in [9.17, 15) is 4.79 Å². The maximum atomic E-state index is 10.7. The second-order valence-electron chi connectivity index (χ2n) is 3.79. The maximum Gasteiger partial charge on any atom is 0.216 e. The molecule has 15 heavy (non-hydrogen) atoms. The minimum atomic E-state index is 0.0277. The van der Waals surface area contributed by atoms with Crippen LogP contribution in [-0.2, 0) is 11.2 Å². The third-order valence-electron chi connectivity index (χ3n) is 2.24. The molecule has 82 valence electrons. The van der Waals surface area contributed by atoms with E-state index in [-0.39, 0.29) is 5.91 Å². The van der Waals surface area contributed by atoms with E-state index < -0.39 is 0 Å². The van der Waals surface area contributed by atoms with Gasteiger partial charge in [-0.1, -0.05) is 12.1 Å². The summed E-state index contributed by atoms with van der Waals surface area (Å²) >= 11 is 0. The molecule has 0 saturated heterocycles. The van der Waals surface area contributed by atoms with Crippen LogP contribution in [0, 0.1) is 0 Å². The first-order chi connectivity index (χ1) is 7.09. The van der Waals surface area contributed by atoms with Crippen LogP contribution in [0.5, 0.6) is 0 Å². The Balaban J connectivity index is 2.46. The number of amides is 1.